The molecule has 0 bridgehead atoms. The Kier molecular flexibility index (Phi) is 5.52. The number of halogens is 1. The van der Waals surface area contributed by atoms with Crippen LogP contribution in [0.25, 0.3) is 0 Å². The Labute approximate surface area is 104 Å². The van der Waals surface area contributed by atoms with Crippen LogP contribution in [-0.2, 0) is 5.41 Å². The molecule has 17 heavy (non-hydrogen) atoms. The minimum absolute atomic E-state index is 0.0362. The fourth-order valence-corrected chi connectivity index (χ4v) is 2.07. The van der Waals surface area contributed by atoms with E-state index in [-0.39, 0.29) is 5.41 Å². The first kappa shape index (κ1) is 14.1. The number of unbranched alkanes of at least 4 members (excludes halogenated alkanes) is 3. The van der Waals surface area contributed by atoms with Gasteiger partial charge in [-0.15, -0.1) is 5.10 Å². The van der Waals surface area contributed by atoms with E-state index in [9.17, 15) is 4.39 Å². The second-order valence-electron chi connectivity index (χ2n) is 4.97. The van der Waals surface area contributed by atoms with Crippen LogP contribution in [0.5, 0.6) is 0 Å². The molecule has 0 saturated carbocycles. The molecule has 1 aromatic heterocycles. The lowest BCUT2D eigenvalue weighted by atomic mass is 9.79. The Morgan fingerprint density at radius 3 is 2.41 bits per heavy atom. The fourth-order valence-electron chi connectivity index (χ4n) is 2.07. The molecule has 1 heterocycles. The van der Waals surface area contributed by atoms with Crippen molar-refractivity contribution >= 4 is 0 Å². The van der Waals surface area contributed by atoms with Crippen LogP contribution < -0.4 is 0 Å². The predicted octanol–water partition coefficient (Wildman–Crippen LogP) is 4.25. The van der Waals surface area contributed by atoms with Crippen LogP contribution in [0, 0.1) is 5.95 Å². The number of rotatable bonds is 7. The molecule has 1 aromatic rings. The summed E-state index contributed by atoms with van der Waals surface area (Å²) in [6, 6.07) is 3.17. The first-order valence-electron chi connectivity index (χ1n) is 6.62. The van der Waals surface area contributed by atoms with E-state index in [1.807, 2.05) is 0 Å². The van der Waals surface area contributed by atoms with Gasteiger partial charge < -0.3 is 0 Å². The normalized spacial score (nSPS) is 14.6. The molecule has 1 atom stereocenters. The zero-order valence-corrected chi connectivity index (χ0v) is 11.2. The van der Waals surface area contributed by atoms with Crippen molar-refractivity contribution in [1.29, 1.82) is 0 Å². The van der Waals surface area contributed by atoms with Crippen molar-refractivity contribution in [3.8, 4) is 0 Å². The lowest BCUT2D eigenvalue weighted by Gasteiger charge is -2.27. The van der Waals surface area contributed by atoms with Crippen LogP contribution in [0.2, 0.25) is 0 Å². The quantitative estimate of drug-likeness (QED) is 0.663. The SMILES string of the molecule is CCCCCCC(C)(CC)c1ccc(F)nn1. The molecule has 0 aliphatic carbocycles. The van der Waals surface area contributed by atoms with E-state index in [0.29, 0.717) is 0 Å². The van der Waals surface area contributed by atoms with E-state index in [2.05, 4.69) is 31.0 Å². The van der Waals surface area contributed by atoms with Gasteiger partial charge in [0.1, 0.15) is 0 Å². The van der Waals surface area contributed by atoms with Crippen LogP contribution in [0.3, 0.4) is 0 Å². The molecular formula is C14H23FN2. The van der Waals surface area contributed by atoms with Gasteiger partial charge in [0.05, 0.1) is 5.69 Å². The van der Waals surface area contributed by atoms with Gasteiger partial charge in [-0.1, -0.05) is 46.5 Å². The molecule has 0 saturated heterocycles. The van der Waals surface area contributed by atoms with Crippen LogP contribution in [0.15, 0.2) is 12.1 Å². The summed E-state index contributed by atoms with van der Waals surface area (Å²) < 4.78 is 12.8. The van der Waals surface area contributed by atoms with Crippen molar-refractivity contribution in [3.63, 3.8) is 0 Å². The maximum absolute atomic E-state index is 12.8. The minimum Gasteiger partial charge on any atom is -0.183 e. The molecular weight excluding hydrogens is 215 g/mol. The lowest BCUT2D eigenvalue weighted by Crippen LogP contribution is -2.23. The molecule has 3 heteroatoms. The molecule has 2 nitrogen and oxygen atoms in total. The smallest absolute Gasteiger partial charge is 0.183 e. The molecule has 0 aromatic carbocycles. The van der Waals surface area contributed by atoms with E-state index in [0.717, 1.165) is 18.5 Å². The molecule has 1 rings (SSSR count). The summed E-state index contributed by atoms with van der Waals surface area (Å²) in [5.41, 5.74) is 0.951. The lowest BCUT2D eigenvalue weighted by molar-refractivity contribution is 0.378. The summed E-state index contributed by atoms with van der Waals surface area (Å²) in [5, 5.41) is 7.52. The van der Waals surface area contributed by atoms with Gasteiger partial charge in [0.15, 0.2) is 0 Å². The number of nitrogens with zero attached hydrogens (tertiary/aromatic N) is 2. The van der Waals surface area contributed by atoms with Crippen molar-refractivity contribution in [2.75, 3.05) is 0 Å². The van der Waals surface area contributed by atoms with Crippen molar-refractivity contribution in [1.82, 2.24) is 10.2 Å². The average molecular weight is 238 g/mol. The zero-order valence-electron chi connectivity index (χ0n) is 11.2. The van der Waals surface area contributed by atoms with E-state index >= 15 is 0 Å². The largest absolute Gasteiger partial charge is 0.233 e. The number of aromatic nitrogens is 2. The molecule has 0 aliphatic heterocycles. The summed E-state index contributed by atoms with van der Waals surface area (Å²) in [5.74, 6) is -0.502. The van der Waals surface area contributed by atoms with E-state index in [4.69, 9.17) is 0 Å². The van der Waals surface area contributed by atoms with Crippen molar-refractivity contribution in [2.24, 2.45) is 0 Å². The Hall–Kier alpha value is -0.990. The first-order valence-corrected chi connectivity index (χ1v) is 6.62. The van der Waals surface area contributed by atoms with E-state index in [1.54, 1.807) is 6.07 Å². The third kappa shape index (κ3) is 4.06. The third-order valence-electron chi connectivity index (χ3n) is 3.61. The van der Waals surface area contributed by atoms with Gasteiger partial charge in [-0.25, -0.2) is 0 Å². The summed E-state index contributed by atoms with van der Waals surface area (Å²) >= 11 is 0. The highest BCUT2D eigenvalue weighted by molar-refractivity contribution is 5.13. The Morgan fingerprint density at radius 2 is 1.88 bits per heavy atom. The highest BCUT2D eigenvalue weighted by Gasteiger charge is 2.25. The predicted molar refractivity (Wildman–Crippen MR) is 68.4 cm³/mol. The standard InChI is InChI=1S/C14H23FN2/c1-4-6-7-8-11-14(3,5-2)12-9-10-13(15)17-16-12/h9-10H,4-8,11H2,1-3H3. The molecule has 96 valence electrons. The summed E-state index contributed by atoms with van der Waals surface area (Å²) in [4.78, 5) is 0. The van der Waals surface area contributed by atoms with Gasteiger partial charge in [-0.2, -0.15) is 9.49 Å². The van der Waals surface area contributed by atoms with Gasteiger partial charge in [0.2, 0.25) is 5.95 Å². The van der Waals surface area contributed by atoms with Gasteiger partial charge in [0, 0.05) is 5.41 Å². The maximum atomic E-state index is 12.8. The summed E-state index contributed by atoms with van der Waals surface area (Å²) in [6.07, 6.45) is 7.12. The summed E-state index contributed by atoms with van der Waals surface area (Å²) in [7, 11) is 0. The van der Waals surface area contributed by atoms with Crippen molar-refractivity contribution in [3.05, 3.63) is 23.8 Å². The highest BCUT2D eigenvalue weighted by Crippen LogP contribution is 2.31. The van der Waals surface area contributed by atoms with Crippen LogP contribution in [0.4, 0.5) is 4.39 Å². The second-order valence-corrected chi connectivity index (χ2v) is 4.97. The van der Waals surface area contributed by atoms with Crippen molar-refractivity contribution < 1.29 is 4.39 Å². The zero-order chi connectivity index (χ0) is 12.7. The first-order chi connectivity index (χ1) is 8.12. The van der Waals surface area contributed by atoms with Gasteiger partial charge >= 0.3 is 0 Å². The third-order valence-corrected chi connectivity index (χ3v) is 3.61. The fraction of sp³-hybridized carbons (Fsp3) is 0.714. The Morgan fingerprint density at radius 1 is 1.12 bits per heavy atom. The maximum Gasteiger partial charge on any atom is 0.233 e. The molecule has 0 amide bonds. The molecule has 0 radical (unpaired) electrons. The topological polar surface area (TPSA) is 25.8 Å². The Bertz CT molecular complexity index is 323. The Balaban J connectivity index is 2.63. The molecule has 0 fully saturated rings. The monoisotopic (exact) mass is 238 g/mol. The molecule has 0 aliphatic rings. The van der Waals surface area contributed by atoms with Gasteiger partial charge in [-0.3, -0.25) is 0 Å². The highest BCUT2D eigenvalue weighted by atomic mass is 19.1. The van der Waals surface area contributed by atoms with Crippen molar-refractivity contribution in [2.45, 2.75) is 64.7 Å². The average Bonchev–Trinajstić information content (AvgIpc) is 2.35. The number of hydrogen-bond acceptors (Lipinski definition) is 2. The van der Waals surface area contributed by atoms with Crippen LogP contribution >= 0.6 is 0 Å². The summed E-state index contributed by atoms with van der Waals surface area (Å²) in [6.45, 7) is 6.57. The van der Waals surface area contributed by atoms with Gasteiger partial charge in [-0.05, 0) is 25.0 Å². The van der Waals surface area contributed by atoms with E-state index < -0.39 is 5.95 Å². The molecule has 0 N–H and O–H groups in total. The van der Waals surface area contributed by atoms with Crippen LogP contribution in [-0.4, -0.2) is 10.2 Å². The molecule has 1 unspecified atom stereocenters. The minimum atomic E-state index is -0.502. The van der Waals surface area contributed by atoms with E-state index in [1.165, 1.54) is 31.7 Å². The molecule has 0 spiro atoms. The van der Waals surface area contributed by atoms with Crippen LogP contribution in [0.1, 0.15) is 65.0 Å². The number of hydrogen-bond donors (Lipinski definition) is 0. The van der Waals surface area contributed by atoms with Gasteiger partial charge in [0.25, 0.3) is 0 Å². The second kappa shape index (κ2) is 6.67.